The molecule has 3 N–H and O–H groups in total. The van der Waals surface area contributed by atoms with E-state index in [-0.39, 0.29) is 5.56 Å². The van der Waals surface area contributed by atoms with Gasteiger partial charge in [-0.1, -0.05) is 31.2 Å². The zero-order chi connectivity index (χ0) is 19.8. The Morgan fingerprint density at radius 2 is 1.96 bits per heavy atom. The summed E-state index contributed by atoms with van der Waals surface area (Å²) in [6.07, 6.45) is 0.965. The molecule has 0 amide bonds. The first-order chi connectivity index (χ1) is 13.5. The van der Waals surface area contributed by atoms with Crippen molar-refractivity contribution >= 4 is 32.3 Å². The molecule has 0 spiro atoms. The minimum absolute atomic E-state index is 0.0392. The molecule has 0 aliphatic carbocycles. The molecule has 1 unspecified atom stereocenters. The van der Waals surface area contributed by atoms with E-state index in [1.807, 2.05) is 24.4 Å². The van der Waals surface area contributed by atoms with E-state index >= 15 is 0 Å². The van der Waals surface area contributed by atoms with Gasteiger partial charge in [0.15, 0.2) is 0 Å². The van der Waals surface area contributed by atoms with Crippen LogP contribution in [-0.2, 0) is 0 Å². The van der Waals surface area contributed by atoms with Crippen LogP contribution in [0.25, 0.3) is 32.1 Å². The number of methoxy groups -OCH3 is 1. The molecule has 0 bridgehead atoms. The lowest BCUT2D eigenvalue weighted by molar-refractivity contribution is 0.416. The van der Waals surface area contributed by atoms with Gasteiger partial charge in [-0.05, 0) is 60.0 Å². The summed E-state index contributed by atoms with van der Waals surface area (Å²) in [6, 6.07) is 12.6. The number of hydrogen-bond donors (Lipinski definition) is 2. The number of H-pyrrole nitrogens is 1. The molecular formula is C23H24N2O2S. The first-order valence-electron chi connectivity index (χ1n) is 9.46. The summed E-state index contributed by atoms with van der Waals surface area (Å²) in [7, 11) is 1.69. The van der Waals surface area contributed by atoms with Crippen molar-refractivity contribution in [3.63, 3.8) is 0 Å². The van der Waals surface area contributed by atoms with Gasteiger partial charge in [-0.25, -0.2) is 0 Å². The summed E-state index contributed by atoms with van der Waals surface area (Å²) in [5.41, 5.74) is 10.9. The average Bonchev–Trinajstić information content (AvgIpc) is 3.19. The first kappa shape index (κ1) is 18.7. The van der Waals surface area contributed by atoms with Crippen LogP contribution in [-0.4, -0.2) is 18.6 Å². The fourth-order valence-corrected chi connectivity index (χ4v) is 4.71. The number of ether oxygens (including phenoxy) is 1. The van der Waals surface area contributed by atoms with Crippen molar-refractivity contribution in [3.8, 4) is 16.9 Å². The monoisotopic (exact) mass is 392 g/mol. The van der Waals surface area contributed by atoms with Gasteiger partial charge in [-0.15, -0.1) is 11.3 Å². The van der Waals surface area contributed by atoms with E-state index in [0.29, 0.717) is 12.5 Å². The minimum Gasteiger partial charge on any atom is -0.496 e. The lowest BCUT2D eigenvalue weighted by atomic mass is 9.92. The number of benzene rings is 2. The Labute approximate surface area is 168 Å². The number of aryl methyl sites for hydroxylation is 1. The molecule has 2 aromatic heterocycles. The third kappa shape index (κ3) is 3.01. The number of thiophene rings is 1. The van der Waals surface area contributed by atoms with Crippen LogP contribution in [0.4, 0.5) is 0 Å². The molecule has 4 nitrogen and oxygen atoms in total. The standard InChI is InChI=1S/C23H24N2O2S/c1-13(8-10-24)15-4-6-16(7-5-15)19-18(27-3)12-14(2)21-20(19)17-9-11-28-22(17)23(26)25-21/h4-7,9,11-13H,8,10,24H2,1-3H3,(H,25,26). The molecule has 0 saturated carbocycles. The predicted molar refractivity (Wildman–Crippen MR) is 119 cm³/mol. The predicted octanol–water partition coefficient (Wildman–Crippen LogP) is 5.18. The molecule has 2 heterocycles. The Balaban J connectivity index is 2.02. The second-order valence-corrected chi connectivity index (χ2v) is 8.15. The summed E-state index contributed by atoms with van der Waals surface area (Å²) in [5.74, 6) is 1.24. The number of aromatic nitrogens is 1. The Hall–Kier alpha value is -2.63. The first-order valence-corrected chi connectivity index (χ1v) is 10.3. The fraction of sp³-hybridized carbons (Fsp3) is 0.261. The van der Waals surface area contributed by atoms with Gasteiger partial charge in [0.05, 0.1) is 12.6 Å². The molecule has 1 atom stereocenters. The zero-order valence-corrected chi connectivity index (χ0v) is 17.2. The van der Waals surface area contributed by atoms with Gasteiger partial charge in [0.1, 0.15) is 10.4 Å². The maximum Gasteiger partial charge on any atom is 0.266 e. The molecular weight excluding hydrogens is 368 g/mol. The van der Waals surface area contributed by atoms with Crippen molar-refractivity contribution in [3.05, 3.63) is 63.3 Å². The van der Waals surface area contributed by atoms with Gasteiger partial charge in [0.2, 0.25) is 0 Å². The van der Waals surface area contributed by atoms with Crippen LogP contribution in [0, 0.1) is 6.92 Å². The van der Waals surface area contributed by atoms with E-state index in [2.05, 4.69) is 36.2 Å². The van der Waals surface area contributed by atoms with Gasteiger partial charge >= 0.3 is 0 Å². The normalized spacial score (nSPS) is 12.6. The Kier molecular flexibility index (Phi) is 4.96. The third-order valence-electron chi connectivity index (χ3n) is 5.46. The number of aromatic amines is 1. The van der Waals surface area contributed by atoms with Crippen molar-refractivity contribution in [2.24, 2.45) is 5.73 Å². The largest absolute Gasteiger partial charge is 0.496 e. The zero-order valence-electron chi connectivity index (χ0n) is 16.3. The quantitative estimate of drug-likeness (QED) is 0.492. The maximum absolute atomic E-state index is 12.5. The number of pyridine rings is 1. The molecule has 0 radical (unpaired) electrons. The lowest BCUT2D eigenvalue weighted by Crippen LogP contribution is -2.06. The summed E-state index contributed by atoms with van der Waals surface area (Å²) in [5, 5.41) is 3.98. The third-order valence-corrected chi connectivity index (χ3v) is 6.37. The second kappa shape index (κ2) is 7.41. The van der Waals surface area contributed by atoms with Crippen molar-refractivity contribution in [2.75, 3.05) is 13.7 Å². The van der Waals surface area contributed by atoms with Crippen molar-refractivity contribution in [2.45, 2.75) is 26.2 Å². The number of nitrogens with two attached hydrogens (primary N) is 1. The lowest BCUT2D eigenvalue weighted by Gasteiger charge is -2.17. The van der Waals surface area contributed by atoms with E-state index in [1.165, 1.54) is 16.9 Å². The number of fused-ring (bicyclic) bond motifs is 3. The van der Waals surface area contributed by atoms with Gasteiger partial charge in [0, 0.05) is 16.3 Å². The van der Waals surface area contributed by atoms with Crippen LogP contribution in [0.2, 0.25) is 0 Å². The van der Waals surface area contributed by atoms with Gasteiger partial charge in [-0.2, -0.15) is 0 Å². The van der Waals surface area contributed by atoms with Crippen LogP contribution in [0.15, 0.2) is 46.6 Å². The number of rotatable bonds is 5. The molecule has 0 aliphatic rings. The van der Waals surface area contributed by atoms with Crippen molar-refractivity contribution in [1.29, 1.82) is 0 Å². The second-order valence-electron chi connectivity index (χ2n) is 7.24. The number of nitrogens with one attached hydrogen (secondary N) is 1. The molecule has 0 aliphatic heterocycles. The van der Waals surface area contributed by atoms with E-state index in [4.69, 9.17) is 10.5 Å². The summed E-state index contributed by atoms with van der Waals surface area (Å²) in [4.78, 5) is 15.6. The summed E-state index contributed by atoms with van der Waals surface area (Å²) < 4.78 is 6.50. The smallest absolute Gasteiger partial charge is 0.266 e. The summed E-state index contributed by atoms with van der Waals surface area (Å²) >= 11 is 1.47. The van der Waals surface area contributed by atoms with Crippen LogP contribution in [0.3, 0.4) is 0 Å². The van der Waals surface area contributed by atoms with E-state index < -0.39 is 0 Å². The number of hydrogen-bond acceptors (Lipinski definition) is 4. The molecule has 5 heteroatoms. The highest BCUT2D eigenvalue weighted by molar-refractivity contribution is 7.17. The van der Waals surface area contributed by atoms with Gasteiger partial charge in [-0.3, -0.25) is 4.79 Å². The van der Waals surface area contributed by atoms with Crippen LogP contribution >= 0.6 is 11.3 Å². The summed E-state index contributed by atoms with van der Waals surface area (Å²) in [6.45, 7) is 4.88. The molecule has 28 heavy (non-hydrogen) atoms. The van der Waals surface area contributed by atoms with E-state index in [1.54, 1.807) is 7.11 Å². The molecule has 0 fully saturated rings. The highest BCUT2D eigenvalue weighted by atomic mass is 32.1. The molecule has 2 aromatic carbocycles. The van der Waals surface area contributed by atoms with Crippen LogP contribution in [0.5, 0.6) is 5.75 Å². The van der Waals surface area contributed by atoms with Crippen molar-refractivity contribution in [1.82, 2.24) is 4.98 Å². The molecule has 0 saturated heterocycles. The van der Waals surface area contributed by atoms with E-state index in [0.717, 1.165) is 49.8 Å². The Bertz CT molecular complexity index is 1210. The molecule has 144 valence electrons. The molecule has 4 aromatic rings. The highest BCUT2D eigenvalue weighted by Crippen LogP contribution is 2.42. The minimum atomic E-state index is -0.0392. The van der Waals surface area contributed by atoms with Crippen LogP contribution in [0.1, 0.15) is 30.4 Å². The molecule has 4 rings (SSSR count). The van der Waals surface area contributed by atoms with E-state index in [9.17, 15) is 4.79 Å². The Morgan fingerprint density at radius 3 is 2.64 bits per heavy atom. The Morgan fingerprint density at radius 1 is 1.21 bits per heavy atom. The fourth-order valence-electron chi connectivity index (χ4n) is 3.91. The highest BCUT2D eigenvalue weighted by Gasteiger charge is 2.18. The van der Waals surface area contributed by atoms with Gasteiger partial charge < -0.3 is 15.5 Å². The van der Waals surface area contributed by atoms with Crippen molar-refractivity contribution < 1.29 is 4.74 Å². The SMILES string of the molecule is COc1cc(C)c2[nH]c(=O)c3sccc3c2c1-c1ccc(C(C)CCN)cc1. The maximum atomic E-state index is 12.5. The van der Waals surface area contributed by atoms with Gasteiger partial charge in [0.25, 0.3) is 5.56 Å². The topological polar surface area (TPSA) is 68.1 Å². The van der Waals surface area contributed by atoms with Crippen LogP contribution < -0.4 is 16.0 Å². The average molecular weight is 393 g/mol.